The highest BCUT2D eigenvalue weighted by Gasteiger charge is 2.25. The Hall–Kier alpha value is -3.65. The third kappa shape index (κ3) is 7.93. The molecule has 0 fully saturated rings. The van der Waals surface area contributed by atoms with Gasteiger partial charge >= 0.3 is 0 Å². The predicted molar refractivity (Wildman–Crippen MR) is 154 cm³/mol. The van der Waals surface area contributed by atoms with Gasteiger partial charge in [-0.05, 0) is 68.9 Å². The van der Waals surface area contributed by atoms with Crippen molar-refractivity contribution in [2.24, 2.45) is 0 Å². The summed E-state index contributed by atoms with van der Waals surface area (Å²) < 4.78 is 5.85. The van der Waals surface area contributed by atoms with Crippen LogP contribution in [0.1, 0.15) is 49.8 Å². The Balaban J connectivity index is 1.57. The van der Waals surface area contributed by atoms with Crippen LogP contribution in [0.2, 0.25) is 0 Å². The van der Waals surface area contributed by atoms with E-state index in [-0.39, 0.29) is 18.4 Å². The standard InChI is InChI=1S/C31H41N5O3/c1-24(2)34-16-9-17-36(30(38)23-39-28-13-5-4-6-14-28)31-25(3)10-7-12-27(31)22-35(19-18-34)29(37)15-8-11-26-20-32-33-21-26/h4-7,10,12-14,20-21,24H,8-9,11,15-19,22-23H2,1-3H3,(H,32,33). The molecule has 1 aliphatic heterocycles. The summed E-state index contributed by atoms with van der Waals surface area (Å²) in [5, 5.41) is 6.84. The summed E-state index contributed by atoms with van der Waals surface area (Å²) in [7, 11) is 0. The number of aromatic nitrogens is 2. The maximum Gasteiger partial charge on any atom is 0.264 e. The van der Waals surface area contributed by atoms with E-state index in [0.717, 1.165) is 54.7 Å². The number of benzene rings is 2. The summed E-state index contributed by atoms with van der Waals surface area (Å²) in [5.41, 5.74) is 4.02. The zero-order chi connectivity index (χ0) is 27.6. The van der Waals surface area contributed by atoms with Crippen molar-refractivity contribution in [1.29, 1.82) is 0 Å². The van der Waals surface area contributed by atoms with E-state index in [1.165, 1.54) is 0 Å². The number of anilines is 1. The summed E-state index contributed by atoms with van der Waals surface area (Å²) in [6.45, 7) is 9.74. The summed E-state index contributed by atoms with van der Waals surface area (Å²) in [6.07, 6.45) is 6.58. The van der Waals surface area contributed by atoms with Crippen LogP contribution in [0.5, 0.6) is 5.75 Å². The number of rotatable bonds is 8. The van der Waals surface area contributed by atoms with Crippen LogP contribution in [-0.4, -0.2) is 70.6 Å². The van der Waals surface area contributed by atoms with E-state index in [0.29, 0.717) is 37.8 Å². The number of carbonyl (C=O) groups is 2. The second-order valence-electron chi connectivity index (χ2n) is 10.5. The fourth-order valence-electron chi connectivity index (χ4n) is 5.16. The van der Waals surface area contributed by atoms with Gasteiger partial charge in [0, 0.05) is 51.4 Å². The van der Waals surface area contributed by atoms with Gasteiger partial charge in [-0.15, -0.1) is 0 Å². The van der Waals surface area contributed by atoms with E-state index >= 15 is 0 Å². The zero-order valence-corrected chi connectivity index (χ0v) is 23.4. The molecule has 4 rings (SSSR count). The summed E-state index contributed by atoms with van der Waals surface area (Å²) in [4.78, 5) is 33.4. The molecule has 0 radical (unpaired) electrons. The third-order valence-corrected chi connectivity index (χ3v) is 7.34. The minimum absolute atomic E-state index is 0.0393. The molecule has 1 aromatic heterocycles. The first-order valence-corrected chi connectivity index (χ1v) is 14.0. The van der Waals surface area contributed by atoms with Crippen LogP contribution in [0, 0.1) is 6.92 Å². The first-order valence-electron chi connectivity index (χ1n) is 14.0. The molecule has 208 valence electrons. The Morgan fingerprint density at radius 1 is 1.00 bits per heavy atom. The topological polar surface area (TPSA) is 81.8 Å². The Morgan fingerprint density at radius 3 is 2.56 bits per heavy atom. The van der Waals surface area contributed by atoms with Crippen molar-refractivity contribution in [3.63, 3.8) is 0 Å². The van der Waals surface area contributed by atoms with Gasteiger partial charge in [0.25, 0.3) is 5.91 Å². The van der Waals surface area contributed by atoms with Gasteiger partial charge in [0.15, 0.2) is 6.61 Å². The molecule has 0 saturated heterocycles. The molecule has 0 aliphatic carbocycles. The molecular weight excluding hydrogens is 490 g/mol. The molecule has 1 aliphatic rings. The van der Waals surface area contributed by atoms with Crippen molar-refractivity contribution < 1.29 is 14.3 Å². The number of nitrogens with zero attached hydrogens (tertiary/aromatic N) is 4. The van der Waals surface area contributed by atoms with Gasteiger partial charge in [-0.1, -0.05) is 36.4 Å². The fourth-order valence-corrected chi connectivity index (χ4v) is 5.16. The van der Waals surface area contributed by atoms with Gasteiger partial charge in [-0.3, -0.25) is 19.6 Å². The van der Waals surface area contributed by atoms with Crippen molar-refractivity contribution in [2.45, 2.75) is 59.0 Å². The molecule has 39 heavy (non-hydrogen) atoms. The van der Waals surface area contributed by atoms with Crippen molar-refractivity contribution in [2.75, 3.05) is 37.7 Å². The van der Waals surface area contributed by atoms with E-state index in [2.05, 4.69) is 28.9 Å². The zero-order valence-electron chi connectivity index (χ0n) is 23.4. The van der Waals surface area contributed by atoms with Crippen LogP contribution in [0.4, 0.5) is 5.69 Å². The monoisotopic (exact) mass is 531 g/mol. The van der Waals surface area contributed by atoms with Crippen LogP contribution < -0.4 is 9.64 Å². The van der Waals surface area contributed by atoms with E-state index in [9.17, 15) is 9.59 Å². The summed E-state index contributed by atoms with van der Waals surface area (Å²) >= 11 is 0. The number of carbonyl (C=O) groups excluding carboxylic acids is 2. The van der Waals surface area contributed by atoms with Crippen molar-refractivity contribution in [3.05, 3.63) is 77.6 Å². The fraction of sp³-hybridized carbons (Fsp3) is 0.452. The summed E-state index contributed by atoms with van der Waals surface area (Å²) in [5.74, 6) is 0.730. The molecule has 3 aromatic rings. The molecule has 0 unspecified atom stereocenters. The molecule has 0 spiro atoms. The van der Waals surface area contributed by atoms with Gasteiger partial charge in [0.1, 0.15) is 5.75 Å². The number of para-hydroxylation sites is 2. The van der Waals surface area contributed by atoms with Crippen LogP contribution in [-0.2, 0) is 22.6 Å². The molecule has 8 heteroatoms. The first-order chi connectivity index (χ1) is 18.9. The minimum Gasteiger partial charge on any atom is -0.484 e. The second kappa shape index (κ2) is 13.9. The lowest BCUT2D eigenvalue weighted by atomic mass is 10.0. The average Bonchev–Trinajstić information content (AvgIpc) is 3.44. The maximum atomic E-state index is 13.6. The van der Waals surface area contributed by atoms with E-state index < -0.39 is 0 Å². The van der Waals surface area contributed by atoms with E-state index in [1.807, 2.05) is 77.6 Å². The summed E-state index contributed by atoms with van der Waals surface area (Å²) in [6, 6.07) is 15.9. The number of fused-ring (bicyclic) bond motifs is 1. The molecule has 0 atom stereocenters. The Morgan fingerprint density at radius 2 is 1.82 bits per heavy atom. The first kappa shape index (κ1) is 28.4. The van der Waals surface area contributed by atoms with Gasteiger partial charge in [-0.25, -0.2) is 0 Å². The third-order valence-electron chi connectivity index (χ3n) is 7.34. The number of H-pyrrole nitrogens is 1. The predicted octanol–water partition coefficient (Wildman–Crippen LogP) is 4.60. The van der Waals surface area contributed by atoms with Crippen molar-refractivity contribution in [1.82, 2.24) is 20.0 Å². The number of amides is 2. The van der Waals surface area contributed by atoms with Gasteiger partial charge < -0.3 is 14.5 Å². The molecule has 0 bridgehead atoms. The number of hydrogen-bond donors (Lipinski definition) is 1. The number of hydrogen-bond acceptors (Lipinski definition) is 5. The minimum atomic E-state index is -0.0808. The molecule has 8 nitrogen and oxygen atoms in total. The molecule has 2 aromatic carbocycles. The molecule has 1 N–H and O–H groups in total. The van der Waals surface area contributed by atoms with E-state index in [4.69, 9.17) is 4.74 Å². The lowest BCUT2D eigenvalue weighted by molar-refractivity contribution is -0.132. The lowest BCUT2D eigenvalue weighted by Crippen LogP contribution is -2.41. The number of ether oxygens (including phenoxy) is 1. The van der Waals surface area contributed by atoms with Crippen molar-refractivity contribution >= 4 is 17.5 Å². The average molecular weight is 532 g/mol. The van der Waals surface area contributed by atoms with Gasteiger partial charge in [0.05, 0.1) is 11.9 Å². The van der Waals surface area contributed by atoms with Gasteiger partial charge in [0.2, 0.25) is 5.91 Å². The largest absolute Gasteiger partial charge is 0.484 e. The Kier molecular flexibility index (Phi) is 10.1. The molecule has 0 saturated carbocycles. The SMILES string of the molecule is Cc1cccc2c1N(C(=O)COc1ccccc1)CCCN(C(C)C)CCN(C(=O)CCCc1cn[nH]c1)C2. The van der Waals surface area contributed by atoms with Crippen LogP contribution in [0.25, 0.3) is 0 Å². The number of aromatic amines is 1. The van der Waals surface area contributed by atoms with Crippen molar-refractivity contribution in [3.8, 4) is 5.75 Å². The number of nitrogens with one attached hydrogen (secondary N) is 1. The smallest absolute Gasteiger partial charge is 0.264 e. The number of aryl methyl sites for hydroxylation is 2. The molecule has 2 amide bonds. The highest BCUT2D eigenvalue weighted by molar-refractivity contribution is 5.96. The second-order valence-corrected chi connectivity index (χ2v) is 10.5. The molecular formula is C31H41N5O3. The highest BCUT2D eigenvalue weighted by atomic mass is 16.5. The van der Waals surface area contributed by atoms with Crippen LogP contribution >= 0.6 is 0 Å². The quantitative estimate of drug-likeness (QED) is 0.460. The normalized spacial score (nSPS) is 15.1. The molecule has 2 heterocycles. The van der Waals surface area contributed by atoms with Crippen LogP contribution in [0.15, 0.2) is 60.9 Å². The maximum absolute atomic E-state index is 13.6. The Labute approximate surface area is 231 Å². The highest BCUT2D eigenvalue weighted by Crippen LogP contribution is 2.28. The Bertz CT molecular complexity index is 1200. The van der Waals surface area contributed by atoms with E-state index in [1.54, 1.807) is 0 Å². The van der Waals surface area contributed by atoms with Crippen LogP contribution in [0.3, 0.4) is 0 Å². The lowest BCUT2D eigenvalue weighted by Gasteiger charge is -2.30. The van der Waals surface area contributed by atoms with Gasteiger partial charge in [-0.2, -0.15) is 5.10 Å².